The fourth-order valence-electron chi connectivity index (χ4n) is 2.83. The molecule has 0 radical (unpaired) electrons. The predicted molar refractivity (Wildman–Crippen MR) is 123 cm³/mol. The Morgan fingerprint density at radius 1 is 1.03 bits per heavy atom. The third kappa shape index (κ3) is 5.49. The van der Waals surface area contributed by atoms with Gasteiger partial charge in [-0.3, -0.25) is 4.79 Å². The molecule has 1 N–H and O–H groups in total. The lowest BCUT2D eigenvalue weighted by atomic mass is 10.0. The fraction of sp³-hybridized carbons (Fsp3) is 0.217. The molecule has 0 aliphatic rings. The van der Waals surface area contributed by atoms with Crippen molar-refractivity contribution in [2.45, 2.75) is 20.3 Å². The van der Waals surface area contributed by atoms with Crippen molar-refractivity contribution in [2.24, 2.45) is 0 Å². The zero-order chi connectivity index (χ0) is 21.5. The number of rotatable bonds is 8. The maximum Gasteiger partial charge on any atom is 0.341 e. The van der Waals surface area contributed by atoms with Crippen molar-refractivity contribution in [3.63, 3.8) is 0 Å². The van der Waals surface area contributed by atoms with Crippen LogP contribution in [-0.2, 0) is 16.0 Å². The monoisotopic (exact) mass is 487 g/mol. The number of aryl methyl sites for hydroxylation is 1. The summed E-state index contributed by atoms with van der Waals surface area (Å²) in [5, 5.41) is 5.08. The Hall–Kier alpha value is -2.64. The quantitative estimate of drug-likeness (QED) is 0.399. The first-order chi connectivity index (χ1) is 14.5. The number of carbonyl (C=O) groups is 2. The van der Waals surface area contributed by atoms with Gasteiger partial charge in [0.15, 0.2) is 6.61 Å². The summed E-state index contributed by atoms with van der Waals surface area (Å²) >= 11 is 4.70. The Labute approximate surface area is 188 Å². The minimum atomic E-state index is -0.469. The molecule has 1 amide bonds. The summed E-state index contributed by atoms with van der Waals surface area (Å²) in [4.78, 5) is 25.0. The summed E-state index contributed by atoms with van der Waals surface area (Å²) in [5.41, 5.74) is 3.14. The van der Waals surface area contributed by atoms with Gasteiger partial charge in [-0.15, -0.1) is 11.3 Å². The molecule has 30 heavy (non-hydrogen) atoms. The zero-order valence-electron chi connectivity index (χ0n) is 16.7. The van der Waals surface area contributed by atoms with Gasteiger partial charge in [-0.1, -0.05) is 47.1 Å². The lowest BCUT2D eigenvalue weighted by molar-refractivity contribution is -0.118. The van der Waals surface area contributed by atoms with Gasteiger partial charge < -0.3 is 14.8 Å². The van der Waals surface area contributed by atoms with Crippen LogP contribution in [0.1, 0.15) is 29.8 Å². The number of amides is 1. The summed E-state index contributed by atoms with van der Waals surface area (Å²) in [6.07, 6.45) is 0.941. The van der Waals surface area contributed by atoms with Crippen molar-refractivity contribution in [1.29, 1.82) is 0 Å². The molecule has 0 bridgehead atoms. The lowest BCUT2D eigenvalue weighted by Gasteiger charge is -2.10. The Kier molecular flexibility index (Phi) is 7.65. The van der Waals surface area contributed by atoms with Gasteiger partial charge in [-0.05, 0) is 48.7 Å². The molecule has 7 heteroatoms. The van der Waals surface area contributed by atoms with Gasteiger partial charge in [0.1, 0.15) is 16.3 Å². The van der Waals surface area contributed by atoms with E-state index >= 15 is 0 Å². The van der Waals surface area contributed by atoms with E-state index in [-0.39, 0.29) is 19.1 Å². The predicted octanol–water partition coefficient (Wildman–Crippen LogP) is 5.93. The molecule has 0 fully saturated rings. The summed E-state index contributed by atoms with van der Waals surface area (Å²) < 4.78 is 11.7. The van der Waals surface area contributed by atoms with Crippen molar-refractivity contribution in [3.8, 4) is 16.9 Å². The van der Waals surface area contributed by atoms with Gasteiger partial charge in [0, 0.05) is 15.4 Å². The smallest absolute Gasteiger partial charge is 0.341 e. The van der Waals surface area contributed by atoms with Gasteiger partial charge >= 0.3 is 5.97 Å². The SMILES string of the molecule is CCOC(=O)c1c(-c2ccc(Br)cc2)csc1NC(=O)COc1ccc(CC)cc1. The van der Waals surface area contributed by atoms with E-state index in [9.17, 15) is 9.59 Å². The minimum absolute atomic E-state index is 0.154. The van der Waals surface area contributed by atoms with Crippen LogP contribution in [0.5, 0.6) is 5.75 Å². The molecule has 0 aliphatic carbocycles. The van der Waals surface area contributed by atoms with Crippen LogP contribution >= 0.6 is 27.3 Å². The molecular weight excluding hydrogens is 466 g/mol. The number of esters is 1. The van der Waals surface area contributed by atoms with Gasteiger partial charge in [0.25, 0.3) is 5.91 Å². The molecule has 0 atom stereocenters. The molecule has 0 saturated carbocycles. The number of nitrogens with one attached hydrogen (secondary N) is 1. The van der Waals surface area contributed by atoms with Crippen LogP contribution < -0.4 is 10.1 Å². The number of halogens is 1. The van der Waals surface area contributed by atoms with Gasteiger partial charge in [0.05, 0.1) is 6.61 Å². The molecule has 1 aromatic heterocycles. The Balaban J connectivity index is 1.76. The summed E-state index contributed by atoms with van der Waals surface area (Å²) in [6, 6.07) is 15.2. The number of thiophene rings is 1. The molecule has 5 nitrogen and oxygen atoms in total. The normalized spacial score (nSPS) is 10.5. The van der Waals surface area contributed by atoms with Crippen LogP contribution in [0.2, 0.25) is 0 Å². The van der Waals surface area contributed by atoms with Gasteiger partial charge in [0.2, 0.25) is 0 Å². The molecule has 0 aliphatic heterocycles. The van der Waals surface area contributed by atoms with Crippen LogP contribution in [0, 0.1) is 0 Å². The van der Waals surface area contributed by atoms with Crippen LogP contribution in [0.4, 0.5) is 5.00 Å². The summed E-state index contributed by atoms with van der Waals surface area (Å²) in [5.74, 6) is -0.193. The van der Waals surface area contributed by atoms with Gasteiger partial charge in [-0.2, -0.15) is 0 Å². The van der Waals surface area contributed by atoms with Crippen molar-refractivity contribution in [2.75, 3.05) is 18.5 Å². The van der Waals surface area contributed by atoms with Gasteiger partial charge in [-0.25, -0.2) is 4.79 Å². The maximum atomic E-state index is 12.6. The number of hydrogen-bond donors (Lipinski definition) is 1. The average molecular weight is 488 g/mol. The molecule has 1 heterocycles. The highest BCUT2D eigenvalue weighted by molar-refractivity contribution is 9.10. The second-order valence-electron chi connectivity index (χ2n) is 6.42. The average Bonchev–Trinajstić information content (AvgIpc) is 3.17. The molecule has 3 rings (SSSR count). The van der Waals surface area contributed by atoms with E-state index in [1.807, 2.05) is 53.9 Å². The Morgan fingerprint density at radius 2 is 1.73 bits per heavy atom. The summed E-state index contributed by atoms with van der Waals surface area (Å²) in [7, 11) is 0. The van der Waals surface area contributed by atoms with E-state index in [4.69, 9.17) is 9.47 Å². The van der Waals surface area contributed by atoms with Crippen molar-refractivity contribution >= 4 is 44.1 Å². The largest absolute Gasteiger partial charge is 0.484 e. The maximum absolute atomic E-state index is 12.6. The van der Waals surface area contributed by atoms with E-state index in [1.54, 1.807) is 6.92 Å². The van der Waals surface area contributed by atoms with Crippen LogP contribution in [0.15, 0.2) is 58.4 Å². The number of benzene rings is 2. The molecule has 0 unspecified atom stereocenters. The number of carbonyl (C=O) groups excluding carboxylic acids is 2. The number of ether oxygens (including phenoxy) is 2. The highest BCUT2D eigenvalue weighted by atomic mass is 79.9. The third-order valence-corrected chi connectivity index (χ3v) is 5.80. The topological polar surface area (TPSA) is 64.6 Å². The molecular formula is C23H22BrNO4S. The standard InChI is InChI=1S/C23H22BrNO4S/c1-3-15-5-11-18(12-6-15)29-13-20(26)25-22-21(23(27)28-4-2)19(14-30-22)16-7-9-17(24)10-8-16/h5-12,14H,3-4,13H2,1-2H3,(H,25,26). The van der Waals surface area contributed by atoms with E-state index in [2.05, 4.69) is 28.2 Å². The molecule has 0 saturated heterocycles. The third-order valence-electron chi connectivity index (χ3n) is 4.38. The highest BCUT2D eigenvalue weighted by Crippen LogP contribution is 2.36. The second kappa shape index (κ2) is 10.4. The Morgan fingerprint density at radius 3 is 2.37 bits per heavy atom. The van der Waals surface area contributed by atoms with E-state index in [1.165, 1.54) is 16.9 Å². The molecule has 156 valence electrons. The molecule has 2 aromatic carbocycles. The first kappa shape index (κ1) is 22.1. The highest BCUT2D eigenvalue weighted by Gasteiger charge is 2.23. The van der Waals surface area contributed by atoms with Crippen LogP contribution in [0.25, 0.3) is 11.1 Å². The van der Waals surface area contributed by atoms with Crippen LogP contribution in [-0.4, -0.2) is 25.1 Å². The molecule has 3 aromatic rings. The number of hydrogen-bond acceptors (Lipinski definition) is 5. The first-order valence-electron chi connectivity index (χ1n) is 9.58. The summed E-state index contributed by atoms with van der Waals surface area (Å²) in [6.45, 7) is 3.92. The molecule has 0 spiro atoms. The van der Waals surface area contributed by atoms with Crippen LogP contribution in [0.3, 0.4) is 0 Å². The van der Waals surface area contributed by atoms with E-state index < -0.39 is 5.97 Å². The second-order valence-corrected chi connectivity index (χ2v) is 8.21. The minimum Gasteiger partial charge on any atom is -0.484 e. The van der Waals surface area contributed by atoms with Crippen molar-refractivity contribution < 1.29 is 19.1 Å². The van der Waals surface area contributed by atoms with E-state index in [0.29, 0.717) is 16.3 Å². The zero-order valence-corrected chi connectivity index (χ0v) is 19.1. The fourth-order valence-corrected chi connectivity index (χ4v) is 4.07. The Bertz CT molecular complexity index is 1010. The van der Waals surface area contributed by atoms with Crippen molar-refractivity contribution in [3.05, 3.63) is 69.5 Å². The lowest BCUT2D eigenvalue weighted by Crippen LogP contribution is -2.21. The van der Waals surface area contributed by atoms with E-state index in [0.717, 1.165) is 22.0 Å². The number of anilines is 1. The van der Waals surface area contributed by atoms with Crippen molar-refractivity contribution in [1.82, 2.24) is 0 Å². The first-order valence-corrected chi connectivity index (χ1v) is 11.2.